The number of nitrogens with one attached hydrogen (secondary N) is 1. The van der Waals surface area contributed by atoms with E-state index in [1.54, 1.807) is 12.3 Å². The van der Waals surface area contributed by atoms with E-state index in [9.17, 15) is 8.42 Å². The number of carbonyl (C=O) groups is 2. The zero-order chi connectivity index (χ0) is 25.3. The first-order valence-corrected chi connectivity index (χ1v) is 13.2. The summed E-state index contributed by atoms with van der Waals surface area (Å²) >= 11 is 7.42. The van der Waals surface area contributed by atoms with Crippen molar-refractivity contribution >= 4 is 71.6 Å². The molecular formula is C23H22ClN3O6S2. The number of carboxylic acid groups (broad SMARTS) is 2. The van der Waals surface area contributed by atoms with Crippen molar-refractivity contribution in [3.05, 3.63) is 59.2 Å². The lowest BCUT2D eigenvalue weighted by Gasteiger charge is -2.30. The molecule has 0 spiro atoms. The Labute approximate surface area is 210 Å². The molecule has 1 aliphatic heterocycles. The van der Waals surface area contributed by atoms with E-state index in [0.717, 1.165) is 52.9 Å². The molecular weight excluding hydrogens is 514 g/mol. The molecule has 0 bridgehead atoms. The van der Waals surface area contributed by atoms with Gasteiger partial charge < -0.3 is 20.4 Å². The Balaban J connectivity index is 0.000000431. The Morgan fingerprint density at radius 3 is 2.37 bits per heavy atom. The first kappa shape index (κ1) is 25.0. The molecule has 0 amide bonds. The van der Waals surface area contributed by atoms with Gasteiger partial charge in [0.2, 0.25) is 0 Å². The van der Waals surface area contributed by atoms with Crippen LogP contribution in [0, 0.1) is 6.92 Å². The fourth-order valence-electron chi connectivity index (χ4n) is 4.02. The average molecular weight is 536 g/mol. The highest BCUT2D eigenvalue weighted by atomic mass is 35.5. The maximum Gasteiger partial charge on any atom is 0.414 e. The standard InChI is InChI=1S/C21H20ClN3O2S2.C2H2O4/c1-14-17-13-15(22)5-6-20(17)28-21(14)29(26,27)25-10-7-16-18(3-2-4-19(16)25)24-11-8-23-9-12-24;3-1(4)2(5)6/h2-7,10,13,23H,8-9,11-12H2,1H3;(H,3,4)(H,5,6). The third-order valence-electron chi connectivity index (χ3n) is 5.66. The van der Waals surface area contributed by atoms with Crippen LogP contribution in [0.15, 0.2) is 52.9 Å². The van der Waals surface area contributed by atoms with Gasteiger partial charge in [-0.25, -0.2) is 13.6 Å². The molecule has 35 heavy (non-hydrogen) atoms. The molecule has 1 aliphatic rings. The zero-order valence-electron chi connectivity index (χ0n) is 18.6. The van der Waals surface area contributed by atoms with Crippen LogP contribution >= 0.6 is 22.9 Å². The summed E-state index contributed by atoms with van der Waals surface area (Å²) in [6.07, 6.45) is 1.67. The van der Waals surface area contributed by atoms with Gasteiger partial charge in [0.05, 0.1) is 5.52 Å². The molecule has 3 N–H and O–H groups in total. The van der Waals surface area contributed by atoms with Crippen LogP contribution in [0.25, 0.3) is 21.0 Å². The van der Waals surface area contributed by atoms with Crippen LogP contribution in [0.4, 0.5) is 5.69 Å². The van der Waals surface area contributed by atoms with Crippen molar-refractivity contribution in [1.29, 1.82) is 0 Å². The van der Waals surface area contributed by atoms with E-state index < -0.39 is 22.0 Å². The average Bonchev–Trinajstić information content (AvgIpc) is 3.42. The second kappa shape index (κ2) is 9.86. The summed E-state index contributed by atoms with van der Waals surface area (Å²) in [4.78, 5) is 20.5. The summed E-state index contributed by atoms with van der Waals surface area (Å²) in [5, 5.41) is 20.6. The number of nitrogens with zero attached hydrogens (tertiary/aromatic N) is 2. The molecule has 3 heterocycles. The van der Waals surface area contributed by atoms with E-state index in [1.807, 2.05) is 37.3 Å². The van der Waals surface area contributed by atoms with Crippen molar-refractivity contribution in [3.63, 3.8) is 0 Å². The molecule has 1 fully saturated rings. The number of fused-ring (bicyclic) bond motifs is 2. The van der Waals surface area contributed by atoms with Gasteiger partial charge in [-0.05, 0) is 54.3 Å². The smallest absolute Gasteiger partial charge is 0.414 e. The van der Waals surface area contributed by atoms with Crippen LogP contribution in [-0.2, 0) is 19.6 Å². The number of aromatic nitrogens is 1. The van der Waals surface area contributed by atoms with Crippen molar-refractivity contribution in [2.75, 3.05) is 31.1 Å². The Kier molecular flexibility index (Phi) is 7.04. The predicted octanol–water partition coefficient (Wildman–Crippen LogP) is 3.62. The first-order valence-electron chi connectivity index (χ1n) is 10.6. The van der Waals surface area contributed by atoms with Crippen molar-refractivity contribution in [1.82, 2.24) is 9.29 Å². The second-order valence-electron chi connectivity index (χ2n) is 7.83. The van der Waals surface area contributed by atoms with Gasteiger partial charge in [-0.1, -0.05) is 17.7 Å². The van der Waals surface area contributed by atoms with E-state index in [4.69, 9.17) is 31.4 Å². The van der Waals surface area contributed by atoms with Gasteiger partial charge in [0.25, 0.3) is 10.0 Å². The minimum Gasteiger partial charge on any atom is -0.473 e. The molecule has 0 unspecified atom stereocenters. The number of aliphatic carboxylic acids is 2. The van der Waals surface area contributed by atoms with Gasteiger partial charge in [0.1, 0.15) is 4.21 Å². The monoisotopic (exact) mass is 535 g/mol. The molecule has 0 atom stereocenters. The number of hydrogen-bond acceptors (Lipinski definition) is 7. The molecule has 12 heteroatoms. The molecule has 2 aromatic carbocycles. The lowest BCUT2D eigenvalue weighted by atomic mass is 10.2. The van der Waals surface area contributed by atoms with Crippen LogP contribution in [0.1, 0.15) is 5.56 Å². The van der Waals surface area contributed by atoms with Gasteiger partial charge in [0, 0.05) is 53.2 Å². The molecule has 9 nitrogen and oxygen atoms in total. The molecule has 1 saturated heterocycles. The van der Waals surface area contributed by atoms with Gasteiger partial charge in [-0.3, -0.25) is 0 Å². The number of rotatable bonds is 3. The number of hydrogen-bond donors (Lipinski definition) is 3. The Hall–Kier alpha value is -3.12. The lowest BCUT2D eigenvalue weighted by Crippen LogP contribution is -2.43. The molecule has 0 saturated carbocycles. The van der Waals surface area contributed by atoms with E-state index in [1.165, 1.54) is 15.3 Å². The number of piperazine rings is 1. The van der Waals surface area contributed by atoms with Gasteiger partial charge in [-0.2, -0.15) is 8.42 Å². The number of benzene rings is 2. The molecule has 0 radical (unpaired) electrons. The highest BCUT2D eigenvalue weighted by Crippen LogP contribution is 2.38. The summed E-state index contributed by atoms with van der Waals surface area (Å²) in [6, 6.07) is 13.3. The SMILES string of the molecule is Cc1c(S(=O)(=O)n2ccc3c(N4CCNCC4)cccc32)sc2ccc(Cl)cc12.O=C(O)C(=O)O. The molecule has 5 rings (SSSR count). The number of thiophene rings is 1. The predicted molar refractivity (Wildman–Crippen MR) is 136 cm³/mol. The van der Waals surface area contributed by atoms with Crippen LogP contribution < -0.4 is 10.2 Å². The van der Waals surface area contributed by atoms with Crippen molar-refractivity contribution in [2.24, 2.45) is 0 Å². The Bertz CT molecular complexity index is 1530. The Morgan fingerprint density at radius 1 is 1.03 bits per heavy atom. The highest BCUT2D eigenvalue weighted by Gasteiger charge is 2.26. The summed E-state index contributed by atoms with van der Waals surface area (Å²) in [5.41, 5.74) is 2.53. The molecule has 0 aliphatic carbocycles. The van der Waals surface area contributed by atoms with Crippen LogP contribution in [-0.4, -0.2) is 60.7 Å². The van der Waals surface area contributed by atoms with Gasteiger partial charge >= 0.3 is 11.9 Å². The number of aryl methyl sites for hydroxylation is 1. The van der Waals surface area contributed by atoms with E-state index in [0.29, 0.717) is 14.7 Å². The summed E-state index contributed by atoms with van der Waals surface area (Å²) in [7, 11) is -3.71. The topological polar surface area (TPSA) is 129 Å². The normalized spacial score (nSPS) is 14.1. The molecule has 4 aromatic rings. The van der Waals surface area contributed by atoms with Crippen molar-refractivity contribution in [3.8, 4) is 0 Å². The maximum atomic E-state index is 13.6. The third kappa shape index (κ3) is 4.85. The summed E-state index contributed by atoms with van der Waals surface area (Å²) in [6.45, 7) is 5.53. The maximum absolute atomic E-state index is 13.6. The fraction of sp³-hybridized carbons (Fsp3) is 0.217. The second-order valence-corrected chi connectivity index (χ2v) is 11.3. The number of anilines is 1. The minimum atomic E-state index is -3.71. The zero-order valence-corrected chi connectivity index (χ0v) is 21.0. The fourth-order valence-corrected chi connectivity index (χ4v) is 7.36. The van der Waals surface area contributed by atoms with Gasteiger partial charge in [-0.15, -0.1) is 11.3 Å². The third-order valence-corrected chi connectivity index (χ3v) is 9.46. The lowest BCUT2D eigenvalue weighted by molar-refractivity contribution is -0.159. The van der Waals surface area contributed by atoms with Crippen LogP contribution in [0.3, 0.4) is 0 Å². The van der Waals surface area contributed by atoms with Crippen LogP contribution in [0.2, 0.25) is 5.02 Å². The quantitative estimate of drug-likeness (QED) is 0.339. The van der Waals surface area contributed by atoms with Crippen LogP contribution in [0.5, 0.6) is 0 Å². The van der Waals surface area contributed by atoms with Gasteiger partial charge in [0.15, 0.2) is 0 Å². The van der Waals surface area contributed by atoms with E-state index in [-0.39, 0.29) is 0 Å². The molecule has 2 aromatic heterocycles. The molecule has 184 valence electrons. The van der Waals surface area contributed by atoms with E-state index in [2.05, 4.69) is 16.3 Å². The largest absolute Gasteiger partial charge is 0.473 e. The summed E-state index contributed by atoms with van der Waals surface area (Å²) < 4.78 is 29.9. The Morgan fingerprint density at radius 2 is 1.71 bits per heavy atom. The number of carboxylic acids is 2. The van der Waals surface area contributed by atoms with Crippen molar-refractivity contribution < 1.29 is 28.2 Å². The van der Waals surface area contributed by atoms with E-state index >= 15 is 0 Å². The first-order chi connectivity index (χ1) is 16.6. The number of halogens is 1. The highest BCUT2D eigenvalue weighted by molar-refractivity contribution is 7.92. The van der Waals surface area contributed by atoms with Crippen molar-refractivity contribution in [2.45, 2.75) is 11.1 Å². The summed E-state index contributed by atoms with van der Waals surface area (Å²) in [5.74, 6) is -3.65. The minimum absolute atomic E-state index is 0.361.